The van der Waals surface area contributed by atoms with Crippen LogP contribution in [0, 0.1) is 0 Å². The molecule has 1 aliphatic carbocycles. The molecule has 3 atom stereocenters. The first kappa shape index (κ1) is 20.4. The minimum Gasteiger partial charge on any atom is -0.418 e. The molecule has 0 radical (unpaired) electrons. The van der Waals surface area contributed by atoms with Crippen LogP contribution in [0.3, 0.4) is 0 Å². The van der Waals surface area contributed by atoms with E-state index in [0.717, 1.165) is 18.4 Å². The fraction of sp³-hybridized carbons (Fsp3) is 0.500. The Labute approximate surface area is 170 Å². The Balaban J connectivity index is 1.56. The SMILES string of the molecule is CC(F)c1nnc(-c2ccc3c(c2)C(=O)N([C@@H]2CCCC[C@H]2NC(=O)C(F)F)C3)o1. The van der Waals surface area contributed by atoms with Gasteiger partial charge in [0, 0.05) is 23.7 Å². The fourth-order valence-electron chi connectivity index (χ4n) is 4.13. The van der Waals surface area contributed by atoms with Crippen LogP contribution in [-0.2, 0) is 11.3 Å². The van der Waals surface area contributed by atoms with Crippen molar-refractivity contribution in [3.05, 3.63) is 35.2 Å². The van der Waals surface area contributed by atoms with Gasteiger partial charge in [-0.25, -0.2) is 4.39 Å². The van der Waals surface area contributed by atoms with Gasteiger partial charge in [-0.2, -0.15) is 8.78 Å². The number of alkyl halides is 3. The molecule has 30 heavy (non-hydrogen) atoms. The fourth-order valence-corrected chi connectivity index (χ4v) is 4.13. The molecule has 0 saturated heterocycles. The molecule has 0 spiro atoms. The van der Waals surface area contributed by atoms with Crippen LogP contribution in [0.5, 0.6) is 0 Å². The van der Waals surface area contributed by atoms with E-state index in [1.54, 1.807) is 23.1 Å². The van der Waals surface area contributed by atoms with E-state index in [-0.39, 0.29) is 23.7 Å². The van der Waals surface area contributed by atoms with Crippen molar-refractivity contribution in [2.24, 2.45) is 0 Å². The van der Waals surface area contributed by atoms with Crippen molar-refractivity contribution in [2.75, 3.05) is 0 Å². The Morgan fingerprint density at radius 1 is 1.23 bits per heavy atom. The zero-order chi connectivity index (χ0) is 21.4. The molecule has 7 nitrogen and oxygen atoms in total. The van der Waals surface area contributed by atoms with Crippen LogP contribution in [0.1, 0.15) is 60.6 Å². The number of benzene rings is 1. The zero-order valence-electron chi connectivity index (χ0n) is 16.3. The molecule has 1 aromatic carbocycles. The molecule has 10 heteroatoms. The monoisotopic (exact) mass is 422 g/mol. The standard InChI is InChI=1S/C20H21F3N4O3/c1-10(21)18-25-26-19(30-18)11-6-7-12-9-27(20(29)13(12)8-11)15-5-3-2-4-14(15)24-17(28)16(22)23/h6-8,10,14-16H,2-5,9H2,1H3,(H,24,28)/t10?,14-,15-/m1/s1. The highest BCUT2D eigenvalue weighted by atomic mass is 19.3. The normalized spacial score (nSPS) is 22.3. The highest BCUT2D eigenvalue weighted by molar-refractivity contribution is 5.99. The van der Waals surface area contributed by atoms with E-state index in [0.29, 0.717) is 30.5 Å². The highest BCUT2D eigenvalue weighted by Gasteiger charge is 2.39. The third-order valence-corrected chi connectivity index (χ3v) is 5.63. The van der Waals surface area contributed by atoms with Gasteiger partial charge in [0.1, 0.15) is 0 Å². The lowest BCUT2D eigenvalue weighted by atomic mass is 9.89. The van der Waals surface area contributed by atoms with E-state index in [2.05, 4.69) is 15.5 Å². The van der Waals surface area contributed by atoms with Crippen LogP contribution in [-0.4, -0.2) is 45.4 Å². The lowest BCUT2D eigenvalue weighted by molar-refractivity contribution is -0.133. The van der Waals surface area contributed by atoms with Crippen molar-refractivity contribution in [3.63, 3.8) is 0 Å². The maximum Gasteiger partial charge on any atom is 0.315 e. The van der Waals surface area contributed by atoms with Gasteiger partial charge in [-0.3, -0.25) is 9.59 Å². The Morgan fingerprint density at radius 3 is 2.70 bits per heavy atom. The van der Waals surface area contributed by atoms with Crippen LogP contribution >= 0.6 is 0 Å². The van der Waals surface area contributed by atoms with Crippen molar-refractivity contribution < 1.29 is 27.2 Å². The number of fused-ring (bicyclic) bond motifs is 1. The number of amides is 2. The van der Waals surface area contributed by atoms with E-state index in [4.69, 9.17) is 4.42 Å². The zero-order valence-corrected chi connectivity index (χ0v) is 16.3. The molecule has 160 valence electrons. The minimum absolute atomic E-state index is 0.114. The Morgan fingerprint density at radius 2 is 2.00 bits per heavy atom. The summed E-state index contributed by atoms with van der Waals surface area (Å²) < 4.78 is 44.1. The van der Waals surface area contributed by atoms with E-state index in [1.165, 1.54) is 6.92 Å². The minimum atomic E-state index is -3.09. The molecule has 0 bridgehead atoms. The second-order valence-corrected chi connectivity index (χ2v) is 7.63. The largest absolute Gasteiger partial charge is 0.418 e. The molecular formula is C20H21F3N4O3. The topological polar surface area (TPSA) is 88.3 Å². The van der Waals surface area contributed by atoms with Crippen LogP contribution in [0.15, 0.2) is 22.6 Å². The maximum absolute atomic E-state index is 13.3. The van der Waals surface area contributed by atoms with Crippen molar-refractivity contribution in [3.8, 4) is 11.5 Å². The van der Waals surface area contributed by atoms with Crippen LogP contribution in [0.2, 0.25) is 0 Å². The van der Waals surface area contributed by atoms with Gasteiger partial charge in [-0.05, 0) is 37.5 Å². The third-order valence-electron chi connectivity index (χ3n) is 5.63. The first-order valence-corrected chi connectivity index (χ1v) is 9.85. The van der Waals surface area contributed by atoms with E-state index >= 15 is 0 Å². The molecule has 4 rings (SSSR count). The summed E-state index contributed by atoms with van der Waals surface area (Å²) in [7, 11) is 0. The number of rotatable bonds is 5. The summed E-state index contributed by atoms with van der Waals surface area (Å²) in [5.74, 6) is -1.58. The van der Waals surface area contributed by atoms with Crippen molar-refractivity contribution in [1.29, 1.82) is 0 Å². The van der Waals surface area contributed by atoms with Crippen molar-refractivity contribution in [2.45, 2.75) is 63.8 Å². The number of carbonyl (C=O) groups is 2. The van der Waals surface area contributed by atoms with Gasteiger partial charge in [0.15, 0.2) is 6.17 Å². The van der Waals surface area contributed by atoms with Gasteiger partial charge in [0.2, 0.25) is 5.89 Å². The van der Waals surface area contributed by atoms with E-state index in [1.807, 2.05) is 0 Å². The smallest absolute Gasteiger partial charge is 0.315 e. The van der Waals surface area contributed by atoms with Gasteiger partial charge in [-0.15, -0.1) is 10.2 Å². The first-order chi connectivity index (χ1) is 14.3. The van der Waals surface area contributed by atoms with Crippen LogP contribution in [0.4, 0.5) is 13.2 Å². The number of halogens is 3. The molecule has 2 heterocycles. The average molecular weight is 422 g/mol. The second kappa shape index (κ2) is 8.08. The molecule has 2 amide bonds. The predicted octanol–water partition coefficient (Wildman–Crippen LogP) is 3.42. The molecule has 2 aromatic rings. The molecule has 1 saturated carbocycles. The number of carbonyl (C=O) groups excluding carboxylic acids is 2. The second-order valence-electron chi connectivity index (χ2n) is 7.63. The maximum atomic E-state index is 13.3. The summed E-state index contributed by atoms with van der Waals surface area (Å²) in [5, 5.41) is 9.88. The Bertz CT molecular complexity index is 963. The van der Waals surface area contributed by atoms with Gasteiger partial charge in [-0.1, -0.05) is 18.9 Å². The van der Waals surface area contributed by atoms with Crippen molar-refractivity contribution >= 4 is 11.8 Å². The van der Waals surface area contributed by atoms with Gasteiger partial charge < -0.3 is 14.6 Å². The van der Waals surface area contributed by atoms with Gasteiger partial charge >= 0.3 is 6.43 Å². The van der Waals surface area contributed by atoms with Crippen LogP contribution < -0.4 is 5.32 Å². The molecule has 1 fully saturated rings. The van der Waals surface area contributed by atoms with Gasteiger partial charge in [0.25, 0.3) is 17.7 Å². The number of hydrogen-bond donors (Lipinski definition) is 1. The van der Waals surface area contributed by atoms with Crippen molar-refractivity contribution in [1.82, 2.24) is 20.4 Å². The van der Waals surface area contributed by atoms with E-state index < -0.39 is 24.5 Å². The lowest BCUT2D eigenvalue weighted by Crippen LogP contribution is -2.54. The molecule has 1 N–H and O–H groups in total. The van der Waals surface area contributed by atoms with E-state index in [9.17, 15) is 22.8 Å². The summed E-state index contributed by atoms with van der Waals surface area (Å²) >= 11 is 0. The summed E-state index contributed by atoms with van der Waals surface area (Å²) in [4.78, 5) is 26.2. The number of nitrogens with one attached hydrogen (secondary N) is 1. The number of aromatic nitrogens is 2. The predicted molar refractivity (Wildman–Crippen MR) is 99.3 cm³/mol. The number of nitrogens with zero attached hydrogens (tertiary/aromatic N) is 3. The number of hydrogen-bond acceptors (Lipinski definition) is 5. The molecule has 1 aromatic heterocycles. The highest BCUT2D eigenvalue weighted by Crippen LogP contribution is 2.33. The van der Waals surface area contributed by atoms with Crippen LogP contribution in [0.25, 0.3) is 11.5 Å². The quantitative estimate of drug-likeness (QED) is 0.798. The van der Waals surface area contributed by atoms with Gasteiger partial charge in [0.05, 0.1) is 6.04 Å². The average Bonchev–Trinajstić information content (AvgIpc) is 3.34. The third kappa shape index (κ3) is 3.78. The molecular weight excluding hydrogens is 401 g/mol. The molecule has 2 aliphatic rings. The Kier molecular flexibility index (Phi) is 5.48. The summed E-state index contributed by atoms with van der Waals surface area (Å²) in [6.45, 7) is 1.62. The first-order valence-electron chi connectivity index (χ1n) is 9.85. The summed E-state index contributed by atoms with van der Waals surface area (Å²) in [5.41, 5.74) is 1.73. The lowest BCUT2D eigenvalue weighted by Gasteiger charge is -2.38. The summed E-state index contributed by atoms with van der Waals surface area (Å²) in [6.07, 6.45) is -1.67. The molecule has 1 unspecified atom stereocenters. The summed E-state index contributed by atoms with van der Waals surface area (Å²) in [6, 6.07) is 4.23. The Hall–Kier alpha value is -2.91. The molecule has 1 aliphatic heterocycles.